The van der Waals surface area contributed by atoms with Crippen LogP contribution < -0.4 is 5.32 Å². The molecule has 0 saturated carbocycles. The second-order valence-corrected chi connectivity index (χ2v) is 5.78. The molecule has 2 rings (SSSR count). The molecule has 0 bridgehead atoms. The maximum absolute atomic E-state index is 6.14. The molecule has 0 aliphatic rings. The Labute approximate surface area is 118 Å². The van der Waals surface area contributed by atoms with Crippen LogP contribution in [0.2, 0.25) is 5.02 Å². The Morgan fingerprint density at radius 2 is 1.94 bits per heavy atom. The number of rotatable bonds is 5. The number of hydrogen-bond donors (Lipinski definition) is 1. The first-order valence-corrected chi connectivity index (χ1v) is 7.52. The molecule has 1 heterocycles. The number of benzene rings is 1. The van der Waals surface area contributed by atoms with E-state index in [1.54, 1.807) is 11.3 Å². The predicted molar refractivity (Wildman–Crippen MR) is 81.6 cm³/mol. The zero-order valence-electron chi connectivity index (χ0n) is 10.7. The van der Waals surface area contributed by atoms with Crippen LogP contribution in [-0.4, -0.2) is 12.6 Å². The van der Waals surface area contributed by atoms with Gasteiger partial charge in [0.05, 0.1) is 9.90 Å². The molecule has 0 amide bonds. The van der Waals surface area contributed by atoms with E-state index >= 15 is 0 Å². The van der Waals surface area contributed by atoms with Crippen molar-refractivity contribution < 1.29 is 0 Å². The predicted octanol–water partition coefficient (Wildman–Crippen LogP) is 4.61. The van der Waals surface area contributed by atoms with Gasteiger partial charge in [-0.15, -0.1) is 11.3 Å². The van der Waals surface area contributed by atoms with Crippen LogP contribution in [0.4, 0.5) is 0 Å². The first-order valence-electron chi connectivity index (χ1n) is 6.26. The fourth-order valence-corrected chi connectivity index (χ4v) is 3.24. The molecule has 0 aliphatic carbocycles. The van der Waals surface area contributed by atoms with Gasteiger partial charge in [-0.05, 0) is 42.5 Å². The van der Waals surface area contributed by atoms with Crippen LogP contribution in [0.3, 0.4) is 0 Å². The zero-order chi connectivity index (χ0) is 13.0. The summed E-state index contributed by atoms with van der Waals surface area (Å²) in [6, 6.07) is 11.2. The summed E-state index contributed by atoms with van der Waals surface area (Å²) < 4.78 is 0. The number of hydrogen-bond acceptors (Lipinski definition) is 2. The van der Waals surface area contributed by atoms with Gasteiger partial charge < -0.3 is 5.32 Å². The largest absolute Gasteiger partial charge is 0.314 e. The number of thiophene rings is 1. The fraction of sp³-hybridized carbons (Fsp3) is 0.333. The van der Waals surface area contributed by atoms with Crippen LogP contribution in [0.1, 0.15) is 19.4 Å². The summed E-state index contributed by atoms with van der Waals surface area (Å²) in [5.74, 6) is 0. The molecule has 2 aromatic rings. The minimum Gasteiger partial charge on any atom is -0.314 e. The van der Waals surface area contributed by atoms with E-state index in [1.165, 1.54) is 11.1 Å². The Bertz CT molecular complexity index is 489. The third kappa shape index (κ3) is 3.35. The van der Waals surface area contributed by atoms with E-state index < -0.39 is 0 Å². The summed E-state index contributed by atoms with van der Waals surface area (Å²) in [4.78, 5) is 1.16. The van der Waals surface area contributed by atoms with E-state index in [0.29, 0.717) is 6.04 Å². The zero-order valence-corrected chi connectivity index (χ0v) is 12.3. The topological polar surface area (TPSA) is 12.0 Å². The molecule has 96 valence electrons. The van der Waals surface area contributed by atoms with Gasteiger partial charge >= 0.3 is 0 Å². The summed E-state index contributed by atoms with van der Waals surface area (Å²) in [7, 11) is 0. The van der Waals surface area contributed by atoms with Gasteiger partial charge in [0.25, 0.3) is 0 Å². The van der Waals surface area contributed by atoms with Crippen molar-refractivity contribution in [2.24, 2.45) is 0 Å². The molecule has 1 atom stereocenters. The minimum absolute atomic E-state index is 0.520. The second-order valence-electron chi connectivity index (χ2n) is 4.46. The number of halogens is 1. The Morgan fingerprint density at radius 1 is 1.22 bits per heavy atom. The molecule has 18 heavy (non-hydrogen) atoms. The number of likely N-dealkylation sites (N-methyl/N-ethyl adjacent to an activating group) is 1. The van der Waals surface area contributed by atoms with Gasteiger partial charge in [-0.3, -0.25) is 0 Å². The highest BCUT2D eigenvalue weighted by atomic mass is 35.5. The molecule has 0 fully saturated rings. The molecule has 0 spiro atoms. The summed E-state index contributed by atoms with van der Waals surface area (Å²) in [5, 5.41) is 6.29. The lowest BCUT2D eigenvalue weighted by molar-refractivity contribution is 0.565. The monoisotopic (exact) mass is 279 g/mol. The van der Waals surface area contributed by atoms with Crippen LogP contribution in [0.15, 0.2) is 35.7 Å². The molecule has 3 heteroatoms. The van der Waals surface area contributed by atoms with Crippen molar-refractivity contribution in [1.29, 1.82) is 0 Å². The van der Waals surface area contributed by atoms with Gasteiger partial charge in [0.1, 0.15) is 0 Å². The van der Waals surface area contributed by atoms with E-state index in [-0.39, 0.29) is 0 Å². The standard InChI is InChI=1S/C15H18ClNS/c1-3-17-11(2)10-12-4-6-13(7-5-12)15-14(16)8-9-18-15/h4-9,11,17H,3,10H2,1-2H3. The Kier molecular flexibility index (Phi) is 4.81. The quantitative estimate of drug-likeness (QED) is 0.843. The van der Waals surface area contributed by atoms with Crippen molar-refractivity contribution >= 4 is 22.9 Å². The van der Waals surface area contributed by atoms with Gasteiger partial charge in [0.2, 0.25) is 0 Å². The van der Waals surface area contributed by atoms with Crippen LogP contribution >= 0.6 is 22.9 Å². The summed E-state index contributed by atoms with van der Waals surface area (Å²) in [5.41, 5.74) is 2.56. The minimum atomic E-state index is 0.520. The molecule has 1 aromatic carbocycles. The van der Waals surface area contributed by atoms with Crippen LogP contribution in [0, 0.1) is 0 Å². The Balaban J connectivity index is 2.08. The van der Waals surface area contributed by atoms with Gasteiger partial charge in [-0.1, -0.05) is 42.8 Å². The lowest BCUT2D eigenvalue weighted by atomic mass is 10.0. The van der Waals surface area contributed by atoms with Crippen LogP contribution in [-0.2, 0) is 6.42 Å². The molecule has 1 N–H and O–H groups in total. The molecule has 0 aliphatic heterocycles. The second kappa shape index (κ2) is 6.37. The summed E-state index contributed by atoms with van der Waals surface area (Å²) in [6.07, 6.45) is 1.06. The molecule has 0 radical (unpaired) electrons. The van der Waals surface area contributed by atoms with Gasteiger partial charge in [0.15, 0.2) is 0 Å². The van der Waals surface area contributed by atoms with E-state index in [4.69, 9.17) is 11.6 Å². The third-order valence-electron chi connectivity index (χ3n) is 2.93. The van der Waals surface area contributed by atoms with E-state index in [2.05, 4.69) is 43.4 Å². The maximum Gasteiger partial charge on any atom is 0.0592 e. The van der Waals surface area contributed by atoms with E-state index in [1.807, 2.05) is 11.4 Å². The molecular formula is C15H18ClNS. The van der Waals surface area contributed by atoms with Gasteiger partial charge in [-0.25, -0.2) is 0 Å². The normalized spacial score (nSPS) is 12.6. The van der Waals surface area contributed by atoms with Crippen molar-refractivity contribution in [2.45, 2.75) is 26.3 Å². The molecule has 1 aromatic heterocycles. The lowest BCUT2D eigenvalue weighted by Gasteiger charge is -2.12. The molecule has 0 saturated heterocycles. The van der Waals surface area contributed by atoms with Crippen molar-refractivity contribution in [2.75, 3.05) is 6.54 Å². The first-order chi connectivity index (χ1) is 8.70. The first kappa shape index (κ1) is 13.6. The summed E-state index contributed by atoms with van der Waals surface area (Å²) in [6.45, 7) is 5.37. The molecule has 1 unspecified atom stereocenters. The average Bonchev–Trinajstić information content (AvgIpc) is 2.77. The lowest BCUT2D eigenvalue weighted by Crippen LogP contribution is -2.27. The number of nitrogens with one attached hydrogen (secondary N) is 1. The van der Waals surface area contributed by atoms with E-state index in [0.717, 1.165) is 22.9 Å². The van der Waals surface area contributed by atoms with Crippen molar-refractivity contribution in [3.63, 3.8) is 0 Å². The van der Waals surface area contributed by atoms with Crippen molar-refractivity contribution in [1.82, 2.24) is 5.32 Å². The maximum atomic E-state index is 6.14. The van der Waals surface area contributed by atoms with Crippen molar-refractivity contribution in [3.8, 4) is 10.4 Å². The SMILES string of the molecule is CCNC(C)Cc1ccc(-c2sccc2Cl)cc1. The third-order valence-corrected chi connectivity index (χ3v) is 4.32. The van der Waals surface area contributed by atoms with E-state index in [9.17, 15) is 0 Å². The summed E-state index contributed by atoms with van der Waals surface area (Å²) >= 11 is 7.83. The Hall–Kier alpha value is -0.830. The van der Waals surface area contributed by atoms with Crippen molar-refractivity contribution in [3.05, 3.63) is 46.3 Å². The smallest absolute Gasteiger partial charge is 0.0592 e. The Morgan fingerprint density at radius 3 is 2.50 bits per heavy atom. The molecular weight excluding hydrogens is 262 g/mol. The van der Waals surface area contributed by atoms with Gasteiger partial charge in [-0.2, -0.15) is 0 Å². The van der Waals surface area contributed by atoms with Crippen LogP contribution in [0.25, 0.3) is 10.4 Å². The van der Waals surface area contributed by atoms with Gasteiger partial charge in [0, 0.05) is 6.04 Å². The highest BCUT2D eigenvalue weighted by molar-refractivity contribution is 7.14. The van der Waals surface area contributed by atoms with Crippen LogP contribution in [0.5, 0.6) is 0 Å². The average molecular weight is 280 g/mol. The molecule has 1 nitrogen and oxygen atoms in total. The fourth-order valence-electron chi connectivity index (χ4n) is 2.07. The highest BCUT2D eigenvalue weighted by Gasteiger charge is 2.06. The highest BCUT2D eigenvalue weighted by Crippen LogP contribution is 2.33.